The van der Waals surface area contributed by atoms with Crippen molar-refractivity contribution < 1.29 is 18.7 Å². The monoisotopic (exact) mass is 222 g/mol. The third-order valence-corrected chi connectivity index (χ3v) is 2.61. The molecule has 1 atom stereocenters. The number of halogens is 2. The summed E-state index contributed by atoms with van der Waals surface area (Å²) in [5.74, 6) is -3.68. The summed E-state index contributed by atoms with van der Waals surface area (Å²) in [7, 11) is 0. The fraction of sp³-hybridized carbons (Fsp3) is 0.889. The summed E-state index contributed by atoms with van der Waals surface area (Å²) in [4.78, 5) is 11.5. The van der Waals surface area contributed by atoms with Crippen molar-refractivity contribution in [1.82, 2.24) is 10.6 Å². The van der Waals surface area contributed by atoms with Gasteiger partial charge >= 0.3 is 0 Å². The van der Waals surface area contributed by atoms with Crippen LogP contribution >= 0.6 is 0 Å². The largest absolute Gasteiger partial charge is 0.390 e. The molecule has 0 aromatic rings. The molecule has 1 amide bonds. The summed E-state index contributed by atoms with van der Waals surface area (Å²) in [6.45, 7) is 0.337. The Morgan fingerprint density at radius 1 is 1.67 bits per heavy atom. The molecule has 1 aliphatic rings. The van der Waals surface area contributed by atoms with Crippen LogP contribution in [0.3, 0.4) is 0 Å². The molecule has 1 saturated heterocycles. The lowest BCUT2D eigenvalue weighted by atomic mass is 9.99. The van der Waals surface area contributed by atoms with Crippen molar-refractivity contribution in [2.45, 2.75) is 31.2 Å². The average molecular weight is 222 g/mol. The summed E-state index contributed by atoms with van der Waals surface area (Å²) in [5, 5.41) is 13.4. The van der Waals surface area contributed by atoms with Gasteiger partial charge in [0.1, 0.15) is 6.61 Å². The highest BCUT2D eigenvalue weighted by Crippen LogP contribution is 2.19. The van der Waals surface area contributed by atoms with E-state index in [1.807, 2.05) is 0 Å². The summed E-state index contributed by atoms with van der Waals surface area (Å²) in [6, 6.07) is 0. The van der Waals surface area contributed by atoms with E-state index in [0.717, 1.165) is 13.0 Å². The maximum atomic E-state index is 12.6. The maximum Gasteiger partial charge on any atom is 0.287 e. The Labute approximate surface area is 87.0 Å². The van der Waals surface area contributed by atoms with E-state index in [1.54, 1.807) is 6.92 Å². The summed E-state index contributed by atoms with van der Waals surface area (Å²) in [5.41, 5.74) is -0.745. The van der Waals surface area contributed by atoms with E-state index in [4.69, 9.17) is 5.11 Å². The van der Waals surface area contributed by atoms with Crippen LogP contribution < -0.4 is 10.6 Å². The van der Waals surface area contributed by atoms with Gasteiger partial charge in [-0.15, -0.1) is 0 Å². The number of hydrogen-bond donors (Lipinski definition) is 3. The van der Waals surface area contributed by atoms with E-state index >= 15 is 0 Å². The molecule has 0 saturated carbocycles. The van der Waals surface area contributed by atoms with E-state index in [9.17, 15) is 13.6 Å². The fourth-order valence-corrected chi connectivity index (χ4v) is 1.55. The number of nitrogens with one attached hydrogen (secondary N) is 2. The van der Waals surface area contributed by atoms with Gasteiger partial charge in [-0.1, -0.05) is 0 Å². The summed E-state index contributed by atoms with van der Waals surface area (Å²) in [6.07, 6.45) is 1.50. The van der Waals surface area contributed by atoms with Crippen LogP contribution in [0.4, 0.5) is 8.78 Å². The minimum absolute atomic E-state index is 0.437. The van der Waals surface area contributed by atoms with E-state index < -0.39 is 30.5 Å². The molecule has 3 N–H and O–H groups in total. The first-order valence-corrected chi connectivity index (χ1v) is 4.92. The Bertz CT molecular complexity index is 240. The van der Waals surface area contributed by atoms with Gasteiger partial charge in [0.15, 0.2) is 0 Å². The quantitative estimate of drug-likeness (QED) is 0.621. The first-order valence-electron chi connectivity index (χ1n) is 4.92. The predicted molar refractivity (Wildman–Crippen MR) is 50.7 cm³/mol. The molecular formula is C9H16F2N2O2. The van der Waals surface area contributed by atoms with Gasteiger partial charge in [0.2, 0.25) is 5.91 Å². The van der Waals surface area contributed by atoms with Gasteiger partial charge in [0.25, 0.3) is 5.92 Å². The molecule has 4 nitrogen and oxygen atoms in total. The first-order chi connectivity index (χ1) is 6.90. The van der Waals surface area contributed by atoms with Crippen molar-refractivity contribution in [2.75, 3.05) is 19.7 Å². The fourth-order valence-electron chi connectivity index (χ4n) is 1.55. The highest BCUT2D eigenvalue weighted by molar-refractivity contribution is 5.86. The average Bonchev–Trinajstić information content (AvgIpc) is 2.63. The number of aliphatic hydroxyl groups is 1. The van der Waals surface area contributed by atoms with Gasteiger partial charge in [-0.3, -0.25) is 4.79 Å². The first kappa shape index (κ1) is 12.3. The zero-order chi connectivity index (χ0) is 11.5. The maximum absolute atomic E-state index is 12.6. The van der Waals surface area contributed by atoms with E-state index in [0.29, 0.717) is 6.42 Å². The lowest BCUT2D eigenvalue weighted by Gasteiger charge is -2.24. The van der Waals surface area contributed by atoms with E-state index in [-0.39, 0.29) is 0 Å². The molecule has 1 heterocycles. The predicted octanol–water partition coefficient (Wildman–Crippen LogP) is -0.128. The second-order valence-corrected chi connectivity index (χ2v) is 4.06. The number of aliphatic hydroxyl groups excluding tert-OH is 1. The summed E-state index contributed by atoms with van der Waals surface area (Å²) >= 11 is 0. The molecule has 88 valence electrons. The van der Waals surface area contributed by atoms with Gasteiger partial charge in [-0.25, -0.2) is 8.78 Å². The number of alkyl halides is 2. The minimum atomic E-state index is -3.25. The van der Waals surface area contributed by atoms with Gasteiger partial charge < -0.3 is 15.7 Å². The Kier molecular flexibility index (Phi) is 3.62. The normalized spacial score (nSPS) is 26.7. The molecule has 0 radical (unpaired) electrons. The third-order valence-electron chi connectivity index (χ3n) is 2.61. The molecular weight excluding hydrogens is 206 g/mol. The molecule has 1 aliphatic heterocycles. The van der Waals surface area contributed by atoms with Crippen molar-refractivity contribution in [2.24, 2.45) is 0 Å². The van der Waals surface area contributed by atoms with Crippen LogP contribution in [0.5, 0.6) is 0 Å². The number of rotatable bonds is 4. The Hall–Kier alpha value is -0.750. The zero-order valence-corrected chi connectivity index (χ0v) is 8.65. The number of carbonyl (C=O) groups excluding carboxylic acids is 1. The number of carbonyl (C=O) groups is 1. The van der Waals surface area contributed by atoms with Crippen molar-refractivity contribution >= 4 is 5.91 Å². The van der Waals surface area contributed by atoms with Crippen LogP contribution in [0.2, 0.25) is 0 Å². The Balaban J connectivity index is 2.42. The van der Waals surface area contributed by atoms with Crippen molar-refractivity contribution in [1.29, 1.82) is 0 Å². The van der Waals surface area contributed by atoms with Crippen molar-refractivity contribution in [3.05, 3.63) is 0 Å². The summed E-state index contributed by atoms with van der Waals surface area (Å²) < 4.78 is 25.3. The van der Waals surface area contributed by atoms with Gasteiger partial charge in [-0.05, 0) is 26.3 Å². The molecule has 1 rings (SSSR count). The van der Waals surface area contributed by atoms with Gasteiger partial charge in [0, 0.05) is 0 Å². The van der Waals surface area contributed by atoms with Crippen LogP contribution in [0.1, 0.15) is 19.8 Å². The third kappa shape index (κ3) is 3.10. The second kappa shape index (κ2) is 4.40. The molecule has 0 aliphatic carbocycles. The van der Waals surface area contributed by atoms with Crippen LogP contribution in [0, 0.1) is 0 Å². The Morgan fingerprint density at radius 3 is 2.80 bits per heavy atom. The van der Waals surface area contributed by atoms with Crippen molar-refractivity contribution in [3.63, 3.8) is 0 Å². The lowest BCUT2D eigenvalue weighted by Crippen LogP contribution is -2.53. The topological polar surface area (TPSA) is 61.4 Å². The van der Waals surface area contributed by atoms with Gasteiger partial charge in [-0.2, -0.15) is 0 Å². The van der Waals surface area contributed by atoms with E-state index in [2.05, 4.69) is 10.6 Å². The zero-order valence-electron chi connectivity index (χ0n) is 8.65. The Morgan fingerprint density at radius 2 is 2.33 bits per heavy atom. The van der Waals surface area contributed by atoms with Gasteiger partial charge in [0.05, 0.1) is 12.1 Å². The molecule has 0 spiro atoms. The number of amides is 1. The van der Waals surface area contributed by atoms with Crippen LogP contribution in [-0.2, 0) is 4.79 Å². The smallest absolute Gasteiger partial charge is 0.287 e. The molecule has 0 aromatic carbocycles. The van der Waals surface area contributed by atoms with Crippen LogP contribution in [-0.4, -0.2) is 42.2 Å². The molecule has 15 heavy (non-hydrogen) atoms. The highest BCUT2D eigenvalue weighted by Gasteiger charge is 2.37. The van der Waals surface area contributed by atoms with E-state index in [1.165, 1.54) is 0 Å². The van der Waals surface area contributed by atoms with Crippen LogP contribution in [0.25, 0.3) is 0 Å². The molecule has 0 bridgehead atoms. The molecule has 1 unspecified atom stereocenters. The minimum Gasteiger partial charge on any atom is -0.390 e. The number of hydrogen-bond acceptors (Lipinski definition) is 3. The second-order valence-electron chi connectivity index (χ2n) is 4.06. The van der Waals surface area contributed by atoms with Crippen LogP contribution in [0.15, 0.2) is 0 Å². The highest BCUT2D eigenvalue weighted by atomic mass is 19.3. The molecule has 0 aromatic heterocycles. The molecule has 6 heteroatoms. The SMILES string of the molecule is CC1(C(=O)NCC(F)(F)CO)CCCN1. The molecule has 1 fully saturated rings. The standard InChI is InChI=1S/C9H16F2N2O2/c1-8(3-2-4-13-8)7(15)12-5-9(10,11)6-14/h13-14H,2-6H2,1H3,(H,12,15). The van der Waals surface area contributed by atoms with Crippen molar-refractivity contribution in [3.8, 4) is 0 Å². The lowest BCUT2D eigenvalue weighted by molar-refractivity contribution is -0.129.